The summed E-state index contributed by atoms with van der Waals surface area (Å²) in [6, 6.07) is 4.86. The Hall–Kier alpha value is -2.38. The number of carboxylic acids is 1. The van der Waals surface area contributed by atoms with Crippen molar-refractivity contribution in [2.75, 3.05) is 57.6 Å². The zero-order valence-electron chi connectivity index (χ0n) is 18.7. The molecule has 2 aliphatic heterocycles. The Morgan fingerprint density at radius 1 is 1.24 bits per heavy atom. The highest BCUT2D eigenvalue weighted by Crippen LogP contribution is 2.34. The van der Waals surface area contributed by atoms with Crippen LogP contribution < -0.4 is 4.90 Å². The lowest BCUT2D eigenvalue weighted by Crippen LogP contribution is -2.42. The summed E-state index contributed by atoms with van der Waals surface area (Å²) in [7, 11) is 0. The SMILES string of the molecule is CC(C)(CC(=O)O)CN1C(=O)c2cccc(N(CCN3CCOCC3)COS(=O)O)c2C1=O. The Labute approximate surface area is 194 Å². The van der Waals surface area contributed by atoms with Crippen LogP contribution in [0.1, 0.15) is 41.0 Å². The van der Waals surface area contributed by atoms with Crippen molar-refractivity contribution in [3.8, 4) is 0 Å². The highest BCUT2D eigenvalue weighted by Gasteiger charge is 2.41. The second-order valence-electron chi connectivity index (χ2n) is 8.81. The Kier molecular flexibility index (Phi) is 8.19. The van der Waals surface area contributed by atoms with Gasteiger partial charge in [0.05, 0.1) is 36.4 Å². The average Bonchev–Trinajstić information content (AvgIpc) is 2.98. The summed E-state index contributed by atoms with van der Waals surface area (Å²) < 4.78 is 30.5. The monoisotopic (exact) mass is 483 g/mol. The van der Waals surface area contributed by atoms with Gasteiger partial charge in [0.2, 0.25) is 0 Å². The van der Waals surface area contributed by atoms with Crippen LogP contribution in [0, 0.1) is 5.41 Å². The number of nitrogens with zero attached hydrogens (tertiary/aromatic N) is 3. The minimum Gasteiger partial charge on any atom is -0.481 e. The van der Waals surface area contributed by atoms with E-state index in [2.05, 4.69) is 4.90 Å². The maximum atomic E-state index is 13.3. The molecule has 12 heteroatoms. The lowest BCUT2D eigenvalue weighted by Gasteiger charge is -2.31. The smallest absolute Gasteiger partial charge is 0.303 e. The lowest BCUT2D eigenvalue weighted by atomic mass is 9.89. The number of morpholine rings is 1. The number of aliphatic carboxylic acids is 1. The number of rotatable bonds is 11. The molecule has 0 bridgehead atoms. The molecular formula is C21H29N3O8S. The molecule has 2 heterocycles. The van der Waals surface area contributed by atoms with E-state index in [1.54, 1.807) is 36.9 Å². The standard InChI is InChI=1S/C21H29N3O8S/c1-21(2,12-17(25)26)13-24-19(27)15-4-3-5-16(18(15)20(24)28)23(14-32-33(29)30)7-6-22-8-10-31-11-9-22/h3-5H,6-14H2,1-2H3,(H,25,26)(H,29,30). The number of carbonyl (C=O) groups is 3. The normalized spacial score (nSPS) is 17.8. The Bertz CT molecular complexity index is 932. The average molecular weight is 484 g/mol. The van der Waals surface area contributed by atoms with Gasteiger partial charge in [-0.25, -0.2) is 4.18 Å². The Morgan fingerprint density at radius 2 is 1.94 bits per heavy atom. The van der Waals surface area contributed by atoms with Crippen LogP contribution in [0.4, 0.5) is 5.69 Å². The highest BCUT2D eigenvalue weighted by atomic mass is 32.2. The predicted molar refractivity (Wildman–Crippen MR) is 119 cm³/mol. The van der Waals surface area contributed by atoms with Crippen LogP contribution in [0.2, 0.25) is 0 Å². The second-order valence-corrected chi connectivity index (χ2v) is 9.48. The van der Waals surface area contributed by atoms with Gasteiger partial charge in [0, 0.05) is 32.7 Å². The van der Waals surface area contributed by atoms with Crippen LogP contribution in [0.5, 0.6) is 0 Å². The molecule has 1 saturated heterocycles. The lowest BCUT2D eigenvalue weighted by molar-refractivity contribution is -0.139. The molecule has 1 atom stereocenters. The van der Waals surface area contributed by atoms with Crippen molar-refractivity contribution in [1.82, 2.24) is 9.80 Å². The van der Waals surface area contributed by atoms with Gasteiger partial charge in [-0.2, -0.15) is 4.21 Å². The summed E-state index contributed by atoms with van der Waals surface area (Å²) in [4.78, 5) is 42.4. The number of ether oxygens (including phenoxy) is 1. The van der Waals surface area contributed by atoms with Gasteiger partial charge in [-0.3, -0.25) is 28.7 Å². The van der Waals surface area contributed by atoms with Gasteiger partial charge < -0.3 is 14.7 Å². The molecule has 0 saturated carbocycles. The van der Waals surface area contributed by atoms with Crippen molar-refractivity contribution in [3.05, 3.63) is 29.3 Å². The molecule has 1 unspecified atom stereocenters. The molecule has 1 aromatic carbocycles. The molecule has 2 amide bonds. The predicted octanol–water partition coefficient (Wildman–Crippen LogP) is 1.03. The quantitative estimate of drug-likeness (QED) is 0.267. The van der Waals surface area contributed by atoms with Gasteiger partial charge in [0.15, 0.2) is 0 Å². The summed E-state index contributed by atoms with van der Waals surface area (Å²) in [5.41, 5.74) is 0.00266. The van der Waals surface area contributed by atoms with Crippen molar-refractivity contribution in [3.63, 3.8) is 0 Å². The van der Waals surface area contributed by atoms with E-state index in [4.69, 9.17) is 18.6 Å². The minimum absolute atomic E-state index is 0.0456. The molecular weight excluding hydrogens is 454 g/mol. The first kappa shape index (κ1) is 25.2. The topological polar surface area (TPSA) is 137 Å². The van der Waals surface area contributed by atoms with Crippen LogP contribution in [-0.4, -0.2) is 94.1 Å². The number of hydrogen-bond donors (Lipinski definition) is 2. The van der Waals surface area contributed by atoms with E-state index in [1.807, 2.05) is 0 Å². The largest absolute Gasteiger partial charge is 0.481 e. The fourth-order valence-electron chi connectivity index (χ4n) is 4.07. The van der Waals surface area contributed by atoms with Gasteiger partial charge in [-0.1, -0.05) is 19.9 Å². The van der Waals surface area contributed by atoms with Crippen LogP contribution in [0.25, 0.3) is 0 Å². The number of carboxylic acid groups (broad SMARTS) is 1. The number of hydrogen-bond acceptors (Lipinski definition) is 8. The molecule has 2 N–H and O–H groups in total. The van der Waals surface area contributed by atoms with Crippen molar-refractivity contribution >= 4 is 34.8 Å². The number of fused-ring (bicyclic) bond motifs is 1. The summed E-state index contributed by atoms with van der Waals surface area (Å²) in [6.45, 7) is 6.79. The molecule has 33 heavy (non-hydrogen) atoms. The van der Waals surface area contributed by atoms with E-state index in [0.29, 0.717) is 32.0 Å². The van der Waals surface area contributed by atoms with Crippen molar-refractivity contribution in [2.24, 2.45) is 5.41 Å². The summed E-state index contributed by atoms with van der Waals surface area (Å²) in [6.07, 6.45) is -0.199. The van der Waals surface area contributed by atoms with Gasteiger partial charge in [0.25, 0.3) is 11.8 Å². The first-order chi connectivity index (χ1) is 15.6. The van der Waals surface area contributed by atoms with E-state index in [0.717, 1.165) is 18.0 Å². The molecule has 3 rings (SSSR count). The molecule has 11 nitrogen and oxygen atoms in total. The maximum Gasteiger partial charge on any atom is 0.303 e. The first-order valence-corrected chi connectivity index (χ1v) is 11.6. The van der Waals surface area contributed by atoms with Crippen LogP contribution in [0.15, 0.2) is 18.2 Å². The first-order valence-electron chi connectivity index (χ1n) is 10.6. The molecule has 182 valence electrons. The summed E-state index contributed by atoms with van der Waals surface area (Å²) in [5.74, 6) is -2.03. The Morgan fingerprint density at radius 3 is 2.58 bits per heavy atom. The third-order valence-corrected chi connectivity index (χ3v) is 5.94. The number of carbonyl (C=O) groups excluding carboxylic acids is 2. The van der Waals surface area contributed by atoms with E-state index >= 15 is 0 Å². The maximum absolute atomic E-state index is 13.3. The minimum atomic E-state index is -2.50. The van der Waals surface area contributed by atoms with E-state index in [-0.39, 0.29) is 30.8 Å². The molecule has 0 radical (unpaired) electrons. The fourth-order valence-corrected chi connectivity index (χ4v) is 4.28. The number of imide groups is 1. The summed E-state index contributed by atoms with van der Waals surface area (Å²) in [5, 5.41) is 9.15. The molecule has 2 aliphatic rings. The van der Waals surface area contributed by atoms with Gasteiger partial charge in [0.1, 0.15) is 6.73 Å². The van der Waals surface area contributed by atoms with Gasteiger partial charge in [-0.05, 0) is 17.5 Å². The van der Waals surface area contributed by atoms with Gasteiger partial charge in [-0.15, -0.1) is 0 Å². The van der Waals surface area contributed by atoms with Gasteiger partial charge >= 0.3 is 17.3 Å². The molecule has 0 aromatic heterocycles. The number of amides is 2. The Balaban J connectivity index is 1.85. The van der Waals surface area contributed by atoms with Crippen molar-refractivity contribution in [2.45, 2.75) is 20.3 Å². The molecule has 0 spiro atoms. The number of benzene rings is 1. The third-order valence-electron chi connectivity index (χ3n) is 5.63. The number of anilines is 1. The fraction of sp³-hybridized carbons (Fsp3) is 0.571. The van der Waals surface area contributed by atoms with E-state index in [1.165, 1.54) is 0 Å². The molecule has 1 aromatic rings. The third kappa shape index (κ3) is 6.36. The van der Waals surface area contributed by atoms with Crippen molar-refractivity contribution in [1.29, 1.82) is 0 Å². The van der Waals surface area contributed by atoms with Crippen LogP contribution in [0.3, 0.4) is 0 Å². The molecule has 0 aliphatic carbocycles. The van der Waals surface area contributed by atoms with Crippen LogP contribution in [-0.2, 0) is 25.1 Å². The zero-order valence-corrected chi connectivity index (χ0v) is 19.5. The zero-order chi connectivity index (χ0) is 24.2. The molecule has 1 fully saturated rings. The highest BCUT2D eigenvalue weighted by molar-refractivity contribution is 7.74. The van der Waals surface area contributed by atoms with Crippen LogP contribution >= 0.6 is 0 Å². The van der Waals surface area contributed by atoms with E-state index in [9.17, 15) is 18.6 Å². The summed E-state index contributed by atoms with van der Waals surface area (Å²) >= 11 is -2.50. The van der Waals surface area contributed by atoms with Crippen molar-refractivity contribution < 1.29 is 37.2 Å². The second kappa shape index (κ2) is 10.7. The van der Waals surface area contributed by atoms with E-state index < -0.39 is 34.6 Å².